The number of carbonyl (C=O) groups is 3. The number of likely N-dealkylation sites (N-methyl/N-ethyl adjacent to an activating group) is 1. The van der Waals surface area contributed by atoms with Gasteiger partial charge in [-0.25, -0.2) is 14.1 Å². The van der Waals surface area contributed by atoms with Crippen LogP contribution in [0.4, 0.5) is 5.13 Å². The summed E-state index contributed by atoms with van der Waals surface area (Å²) in [6.45, 7) is 1.52. The van der Waals surface area contributed by atoms with Gasteiger partial charge >= 0.3 is 16.3 Å². The first-order chi connectivity index (χ1) is 18.4. The van der Waals surface area contributed by atoms with Crippen molar-refractivity contribution in [1.82, 2.24) is 40.2 Å². The molecule has 4 rings (SSSR count). The predicted molar refractivity (Wildman–Crippen MR) is 135 cm³/mol. The van der Waals surface area contributed by atoms with Crippen molar-refractivity contribution in [2.45, 2.75) is 43.6 Å². The lowest BCUT2D eigenvalue weighted by Gasteiger charge is -2.43. The molecule has 2 amide bonds. The van der Waals surface area contributed by atoms with E-state index in [0.717, 1.165) is 28.9 Å². The lowest BCUT2D eigenvalue weighted by Crippen LogP contribution is -2.73. The zero-order chi connectivity index (χ0) is 28.4. The first-order valence-corrected chi connectivity index (χ1v) is 13.9. The topological polar surface area (TPSA) is 244 Å². The Morgan fingerprint density at radius 1 is 1.36 bits per heavy atom. The van der Waals surface area contributed by atoms with Gasteiger partial charge in [0.25, 0.3) is 11.8 Å². The molecule has 2 atom stereocenters. The number of hydrogen-bond donors (Lipinski definition) is 6. The number of amides is 2. The van der Waals surface area contributed by atoms with E-state index in [4.69, 9.17) is 10.5 Å². The van der Waals surface area contributed by atoms with E-state index >= 15 is 0 Å². The zero-order valence-corrected chi connectivity index (χ0v) is 22.2. The number of aromatic nitrogens is 4. The van der Waals surface area contributed by atoms with E-state index in [1.165, 1.54) is 11.6 Å². The van der Waals surface area contributed by atoms with Crippen LogP contribution in [0.2, 0.25) is 0 Å². The number of ether oxygens (including phenoxy) is 1. The third kappa shape index (κ3) is 6.33. The lowest BCUT2D eigenvalue weighted by atomic mass is 9.98. The van der Waals surface area contributed by atoms with Crippen molar-refractivity contribution < 1.29 is 37.2 Å². The summed E-state index contributed by atoms with van der Waals surface area (Å²) in [5.74, 6) is -3.18. The van der Waals surface area contributed by atoms with E-state index in [2.05, 4.69) is 31.1 Å². The van der Waals surface area contributed by atoms with Crippen LogP contribution in [0.15, 0.2) is 17.8 Å². The standard InChI is InChI=1S/C20H27N9O8S2/c1-22-4-5-23-6-11-7-24-28(27-11)8-14-15(17(31)29(14)39(34,35)36)26-16(30)12(13-10-38-19(21)25-13)9-37-20(2-3-20)18(32)33/h7,9-10,14-15,22-23H,2-6,8H2,1H3,(H2,21,25)(H,26,30)(H,32,33)(H,34,35,36)/b12-9-/t14-,15+/m1/s1. The van der Waals surface area contributed by atoms with Gasteiger partial charge in [0.15, 0.2) is 5.13 Å². The molecule has 17 nitrogen and oxygen atoms in total. The van der Waals surface area contributed by atoms with Crippen LogP contribution in [0.3, 0.4) is 0 Å². The van der Waals surface area contributed by atoms with Crippen LogP contribution in [0.5, 0.6) is 0 Å². The molecule has 19 heteroatoms. The smallest absolute Gasteiger partial charge is 0.362 e. The summed E-state index contributed by atoms with van der Waals surface area (Å²) >= 11 is 1.02. The van der Waals surface area contributed by atoms with Gasteiger partial charge in [-0.05, 0) is 7.05 Å². The largest absolute Gasteiger partial charge is 0.482 e. The van der Waals surface area contributed by atoms with Gasteiger partial charge in [-0.15, -0.1) is 11.3 Å². The summed E-state index contributed by atoms with van der Waals surface area (Å²) < 4.78 is 39.0. The molecule has 7 N–H and O–H groups in total. The number of nitrogens with one attached hydrogen (secondary N) is 3. The number of thiazole rings is 1. The van der Waals surface area contributed by atoms with Crippen LogP contribution in [-0.4, -0.2) is 98.0 Å². The first kappa shape index (κ1) is 28.4. The zero-order valence-electron chi connectivity index (χ0n) is 20.6. The second-order valence-electron chi connectivity index (χ2n) is 8.82. The van der Waals surface area contributed by atoms with Crippen molar-refractivity contribution in [3.63, 3.8) is 0 Å². The molecule has 2 fully saturated rings. The second-order valence-corrected chi connectivity index (χ2v) is 11.0. The SMILES string of the molecule is CNCCNCc1cnn(C[C@@H]2[C@H](NC(=O)/C(=C\OC3(C(=O)O)CC3)c3csc(N)n3)C(=O)N2S(=O)(=O)O)n1. The summed E-state index contributed by atoms with van der Waals surface area (Å²) in [5.41, 5.74) is 4.60. The third-order valence-electron chi connectivity index (χ3n) is 6.04. The fourth-order valence-corrected chi connectivity index (χ4v) is 5.20. The molecule has 0 spiro atoms. The summed E-state index contributed by atoms with van der Waals surface area (Å²) in [7, 11) is -3.14. The molecule has 2 aromatic heterocycles. The van der Waals surface area contributed by atoms with Crippen molar-refractivity contribution in [1.29, 1.82) is 0 Å². The summed E-state index contributed by atoms with van der Waals surface area (Å²) in [6, 6.07) is -2.65. The highest BCUT2D eigenvalue weighted by molar-refractivity contribution is 7.84. The Morgan fingerprint density at radius 3 is 2.69 bits per heavy atom. The van der Waals surface area contributed by atoms with E-state index in [-0.39, 0.29) is 40.1 Å². The highest BCUT2D eigenvalue weighted by Crippen LogP contribution is 2.40. The van der Waals surface area contributed by atoms with Crippen LogP contribution in [0.25, 0.3) is 5.57 Å². The van der Waals surface area contributed by atoms with Gasteiger partial charge < -0.3 is 31.5 Å². The van der Waals surface area contributed by atoms with Crippen molar-refractivity contribution >= 4 is 50.1 Å². The van der Waals surface area contributed by atoms with Crippen molar-refractivity contribution in [2.75, 3.05) is 25.9 Å². The number of hydrogen-bond acceptors (Lipinski definition) is 13. The van der Waals surface area contributed by atoms with E-state index in [0.29, 0.717) is 18.8 Å². The number of carboxylic acid groups (broad SMARTS) is 1. The molecule has 39 heavy (non-hydrogen) atoms. The molecule has 212 valence electrons. The van der Waals surface area contributed by atoms with Gasteiger partial charge in [0.1, 0.15) is 17.7 Å². The average molecular weight is 586 g/mol. The second kappa shape index (κ2) is 11.2. The van der Waals surface area contributed by atoms with E-state index < -0.39 is 45.8 Å². The number of carboxylic acids is 1. The van der Waals surface area contributed by atoms with E-state index in [1.807, 2.05) is 7.05 Å². The molecule has 3 heterocycles. The first-order valence-electron chi connectivity index (χ1n) is 11.6. The molecule has 1 aliphatic carbocycles. The van der Waals surface area contributed by atoms with Crippen LogP contribution < -0.4 is 21.7 Å². The van der Waals surface area contributed by atoms with Crippen molar-refractivity contribution in [2.24, 2.45) is 0 Å². The monoisotopic (exact) mass is 585 g/mol. The number of aliphatic carboxylic acids is 1. The molecule has 2 aliphatic rings. The number of anilines is 1. The highest BCUT2D eigenvalue weighted by Gasteiger charge is 2.55. The van der Waals surface area contributed by atoms with Crippen LogP contribution in [0.1, 0.15) is 24.2 Å². The molecule has 0 radical (unpaired) electrons. The van der Waals surface area contributed by atoms with E-state index in [1.54, 1.807) is 0 Å². The molecule has 2 aromatic rings. The molecule has 1 saturated heterocycles. The van der Waals surface area contributed by atoms with Gasteiger partial charge in [-0.3, -0.25) is 14.1 Å². The van der Waals surface area contributed by atoms with Crippen LogP contribution in [-0.2, 0) is 42.5 Å². The molecule has 0 unspecified atom stereocenters. The normalized spacial score (nSPS) is 20.4. The molecule has 0 bridgehead atoms. The Kier molecular flexibility index (Phi) is 8.16. The summed E-state index contributed by atoms with van der Waals surface area (Å²) in [4.78, 5) is 42.5. The van der Waals surface area contributed by atoms with Gasteiger partial charge in [-0.2, -0.15) is 23.4 Å². The Labute approximate surface area is 226 Å². The van der Waals surface area contributed by atoms with Gasteiger partial charge in [0.2, 0.25) is 5.60 Å². The van der Waals surface area contributed by atoms with Gasteiger partial charge in [-0.1, -0.05) is 0 Å². The number of nitrogen functional groups attached to an aromatic ring is 1. The van der Waals surface area contributed by atoms with Gasteiger partial charge in [0.05, 0.1) is 30.4 Å². The number of nitrogens with two attached hydrogens (primary N) is 1. The van der Waals surface area contributed by atoms with Crippen LogP contribution in [0, 0.1) is 0 Å². The maximum atomic E-state index is 13.2. The molecular formula is C20H27N9O8S2. The Morgan fingerprint density at radius 2 is 2.10 bits per heavy atom. The molecule has 1 saturated carbocycles. The minimum Gasteiger partial charge on any atom is -0.482 e. The third-order valence-corrected chi connectivity index (χ3v) is 7.66. The fraction of sp³-hybridized carbons (Fsp3) is 0.500. The maximum Gasteiger partial charge on any atom is 0.362 e. The Hall–Kier alpha value is -3.65. The molecule has 1 aliphatic heterocycles. The number of rotatable bonds is 14. The van der Waals surface area contributed by atoms with E-state index in [9.17, 15) is 32.5 Å². The quantitative estimate of drug-likeness (QED) is 0.0453. The van der Waals surface area contributed by atoms with Gasteiger partial charge in [0, 0.05) is 37.9 Å². The molecular weight excluding hydrogens is 558 g/mol. The Bertz CT molecular complexity index is 1380. The predicted octanol–water partition coefficient (Wildman–Crippen LogP) is -2.20. The molecule has 0 aromatic carbocycles. The highest BCUT2D eigenvalue weighted by atomic mass is 32.2. The minimum atomic E-state index is -4.95. The summed E-state index contributed by atoms with van der Waals surface area (Å²) in [5, 5.41) is 27.8. The number of β-lactam (4-membered cyclic amide) rings is 1. The maximum absolute atomic E-state index is 13.2. The van der Waals surface area contributed by atoms with Crippen LogP contribution >= 0.6 is 11.3 Å². The van der Waals surface area contributed by atoms with Crippen molar-refractivity contribution in [3.8, 4) is 0 Å². The average Bonchev–Trinajstić information content (AvgIpc) is 3.33. The fourth-order valence-electron chi connectivity index (χ4n) is 3.77. The van der Waals surface area contributed by atoms with Crippen molar-refractivity contribution in [3.05, 3.63) is 29.2 Å². The number of carbonyl (C=O) groups excluding carboxylic acids is 2. The minimum absolute atomic E-state index is 0.0651. The summed E-state index contributed by atoms with van der Waals surface area (Å²) in [6.07, 6.45) is 2.87. The Balaban J connectivity index is 1.51. The lowest BCUT2D eigenvalue weighted by molar-refractivity contribution is -0.149. The number of nitrogens with zero attached hydrogens (tertiary/aromatic N) is 5.